The predicted octanol–water partition coefficient (Wildman–Crippen LogP) is 1.52. The van der Waals surface area contributed by atoms with E-state index in [1.807, 2.05) is 7.05 Å². The first-order chi connectivity index (χ1) is 10.2. The van der Waals surface area contributed by atoms with Gasteiger partial charge in [0.15, 0.2) is 5.82 Å². The minimum Gasteiger partial charge on any atom is -0.370 e. The fourth-order valence-corrected chi connectivity index (χ4v) is 2.59. The van der Waals surface area contributed by atoms with E-state index in [1.165, 1.54) is 11.1 Å². The topological polar surface area (TPSA) is 79.2 Å². The molecule has 0 spiro atoms. The Kier molecular flexibility index (Phi) is 8.30. The third-order valence-electron chi connectivity index (χ3n) is 2.71. The normalized spacial score (nSPS) is 11.2. The van der Waals surface area contributed by atoms with Crippen LogP contribution < -0.4 is 16.0 Å². The van der Waals surface area contributed by atoms with Crippen molar-refractivity contribution in [2.75, 3.05) is 26.4 Å². The summed E-state index contributed by atoms with van der Waals surface area (Å²) in [7, 11) is 3.59. The van der Waals surface area contributed by atoms with E-state index in [-0.39, 0.29) is 0 Å². The number of nitrogens with one attached hydrogen (secondary N) is 3. The number of benzene rings is 1. The van der Waals surface area contributed by atoms with Crippen LogP contribution in [0, 0.1) is 10.1 Å². The Balaban J connectivity index is 2.28. The molecule has 1 rings (SSSR count). The van der Waals surface area contributed by atoms with E-state index in [0.717, 1.165) is 24.3 Å². The number of thioether (sulfide) groups is 1. The molecule has 3 N–H and O–H groups in total. The Bertz CT molecular complexity index is 480. The van der Waals surface area contributed by atoms with Crippen molar-refractivity contribution in [3.8, 4) is 0 Å². The van der Waals surface area contributed by atoms with Crippen LogP contribution in [0.4, 0.5) is 0 Å². The highest BCUT2D eigenvalue weighted by Gasteiger charge is 2.00. The van der Waals surface area contributed by atoms with Gasteiger partial charge in [-0.1, -0.05) is 24.3 Å². The summed E-state index contributed by atoms with van der Waals surface area (Å²) in [4.78, 5) is 9.89. The molecule has 0 amide bonds. The molecule has 7 heteroatoms. The van der Waals surface area contributed by atoms with Crippen molar-refractivity contribution in [1.82, 2.24) is 16.0 Å². The summed E-state index contributed by atoms with van der Waals surface area (Å²) in [6.45, 7) is 1.55. The quantitative estimate of drug-likeness (QED) is 0.345. The number of rotatable bonds is 10. The predicted molar refractivity (Wildman–Crippen MR) is 87.5 cm³/mol. The van der Waals surface area contributed by atoms with Crippen LogP contribution in [0.25, 0.3) is 0 Å². The van der Waals surface area contributed by atoms with E-state index in [9.17, 15) is 10.1 Å². The molecule has 0 fully saturated rings. The number of hydrogen-bond acceptors (Lipinski definition) is 6. The minimum atomic E-state index is -0.473. The highest BCUT2D eigenvalue weighted by molar-refractivity contribution is 7.98. The first-order valence-corrected chi connectivity index (χ1v) is 7.88. The zero-order chi connectivity index (χ0) is 15.5. The molecule has 0 radical (unpaired) electrons. The third-order valence-corrected chi connectivity index (χ3v) is 3.74. The smallest absolute Gasteiger partial charge is 0.274 e. The Hall–Kier alpha value is -1.73. The minimum absolute atomic E-state index is 0.427. The van der Waals surface area contributed by atoms with Crippen LogP contribution >= 0.6 is 11.8 Å². The van der Waals surface area contributed by atoms with E-state index >= 15 is 0 Å². The maximum absolute atomic E-state index is 10.4. The zero-order valence-electron chi connectivity index (χ0n) is 12.4. The maximum Gasteiger partial charge on any atom is 0.274 e. The van der Waals surface area contributed by atoms with Crippen molar-refractivity contribution < 1.29 is 4.92 Å². The lowest BCUT2D eigenvalue weighted by Crippen LogP contribution is -2.26. The van der Waals surface area contributed by atoms with Crippen molar-refractivity contribution in [1.29, 1.82) is 0 Å². The van der Waals surface area contributed by atoms with Crippen LogP contribution in [0.5, 0.6) is 0 Å². The number of nitrogens with zero attached hydrogens (tertiary/aromatic N) is 1. The van der Waals surface area contributed by atoms with Gasteiger partial charge in [0.2, 0.25) is 0 Å². The molecule has 0 atom stereocenters. The van der Waals surface area contributed by atoms with Crippen molar-refractivity contribution in [3.63, 3.8) is 0 Å². The molecule has 1 aromatic rings. The number of hydrogen-bond donors (Lipinski definition) is 3. The molecule has 116 valence electrons. The van der Waals surface area contributed by atoms with E-state index in [0.29, 0.717) is 12.4 Å². The van der Waals surface area contributed by atoms with Gasteiger partial charge in [0, 0.05) is 31.6 Å². The maximum atomic E-state index is 10.4. The highest BCUT2D eigenvalue weighted by Crippen LogP contribution is 2.13. The molecule has 6 nitrogen and oxygen atoms in total. The van der Waals surface area contributed by atoms with Gasteiger partial charge in [0.1, 0.15) is 0 Å². The first kappa shape index (κ1) is 17.3. The average Bonchev–Trinajstić information content (AvgIpc) is 2.46. The molecule has 21 heavy (non-hydrogen) atoms. The second-order valence-corrected chi connectivity index (χ2v) is 5.51. The molecule has 0 heterocycles. The largest absolute Gasteiger partial charge is 0.370 e. The summed E-state index contributed by atoms with van der Waals surface area (Å²) in [5.74, 6) is 2.25. The van der Waals surface area contributed by atoms with E-state index in [1.54, 1.807) is 18.8 Å². The first-order valence-electron chi connectivity index (χ1n) is 6.72. The van der Waals surface area contributed by atoms with Crippen molar-refractivity contribution >= 4 is 11.8 Å². The Morgan fingerprint density at radius 1 is 1.38 bits per heavy atom. The molecular weight excluding hydrogens is 288 g/mol. The van der Waals surface area contributed by atoms with Gasteiger partial charge >= 0.3 is 0 Å². The summed E-state index contributed by atoms with van der Waals surface area (Å²) in [6.07, 6.45) is 0.936. The van der Waals surface area contributed by atoms with Gasteiger partial charge < -0.3 is 16.0 Å². The van der Waals surface area contributed by atoms with E-state index < -0.39 is 4.92 Å². The van der Waals surface area contributed by atoms with Crippen molar-refractivity contribution in [3.05, 3.63) is 57.5 Å². The standard InChI is InChI=1S/C14H22N4O2S/c1-15-9-12-4-3-5-13(8-12)11-21-7-6-17-14(16-2)10-18(19)20/h3-5,8,10,15-17H,6-7,9,11H2,1-2H3/b14-10+. The molecule has 0 bridgehead atoms. The lowest BCUT2D eigenvalue weighted by Gasteiger charge is -2.08. The fraction of sp³-hybridized carbons (Fsp3) is 0.429. The van der Waals surface area contributed by atoms with E-state index in [4.69, 9.17) is 0 Å². The molecule has 1 aromatic carbocycles. The second kappa shape index (κ2) is 10.1. The van der Waals surface area contributed by atoms with Gasteiger partial charge in [-0.25, -0.2) is 0 Å². The molecule has 0 aromatic heterocycles. The van der Waals surface area contributed by atoms with Crippen LogP contribution in [0.15, 0.2) is 36.3 Å². The molecule has 0 saturated carbocycles. The Morgan fingerprint density at radius 3 is 2.81 bits per heavy atom. The van der Waals surface area contributed by atoms with Gasteiger partial charge in [-0.2, -0.15) is 11.8 Å². The highest BCUT2D eigenvalue weighted by atomic mass is 32.2. The molecule has 0 aliphatic rings. The average molecular weight is 310 g/mol. The third kappa shape index (κ3) is 7.57. The number of nitro groups is 1. The van der Waals surface area contributed by atoms with Crippen LogP contribution in [-0.2, 0) is 12.3 Å². The van der Waals surface area contributed by atoms with Gasteiger partial charge in [0.25, 0.3) is 6.20 Å². The van der Waals surface area contributed by atoms with Crippen molar-refractivity contribution in [2.45, 2.75) is 12.3 Å². The molecular formula is C14H22N4O2S. The summed E-state index contributed by atoms with van der Waals surface area (Å²) in [6, 6.07) is 8.49. The summed E-state index contributed by atoms with van der Waals surface area (Å²) >= 11 is 1.80. The van der Waals surface area contributed by atoms with Crippen LogP contribution in [0.2, 0.25) is 0 Å². The van der Waals surface area contributed by atoms with Crippen molar-refractivity contribution in [2.24, 2.45) is 0 Å². The molecule has 0 aliphatic heterocycles. The Labute approximate surface area is 129 Å². The van der Waals surface area contributed by atoms with Crippen LogP contribution in [-0.4, -0.2) is 31.3 Å². The molecule has 0 saturated heterocycles. The summed E-state index contributed by atoms with van der Waals surface area (Å²) in [5.41, 5.74) is 2.57. The zero-order valence-corrected chi connectivity index (χ0v) is 13.2. The summed E-state index contributed by atoms with van der Waals surface area (Å²) in [5, 5.41) is 19.3. The SMILES string of the molecule is CNCc1cccc(CSCCN/C(=C/[N+](=O)[O-])NC)c1. The van der Waals surface area contributed by atoms with Gasteiger partial charge in [-0.05, 0) is 18.2 Å². The monoisotopic (exact) mass is 310 g/mol. The second-order valence-electron chi connectivity index (χ2n) is 4.41. The van der Waals surface area contributed by atoms with Crippen LogP contribution in [0.1, 0.15) is 11.1 Å². The van der Waals surface area contributed by atoms with Gasteiger partial charge in [-0.15, -0.1) is 0 Å². The van der Waals surface area contributed by atoms with Crippen LogP contribution in [0.3, 0.4) is 0 Å². The Morgan fingerprint density at radius 2 is 2.14 bits per heavy atom. The van der Waals surface area contributed by atoms with Gasteiger partial charge in [-0.3, -0.25) is 10.1 Å². The molecule has 0 aliphatic carbocycles. The van der Waals surface area contributed by atoms with E-state index in [2.05, 4.69) is 40.2 Å². The molecule has 0 unspecified atom stereocenters. The van der Waals surface area contributed by atoms with Gasteiger partial charge in [0.05, 0.1) is 4.92 Å². The fourth-order valence-electron chi connectivity index (χ4n) is 1.79. The lowest BCUT2D eigenvalue weighted by atomic mass is 10.1. The summed E-state index contributed by atoms with van der Waals surface area (Å²) < 4.78 is 0. The lowest BCUT2D eigenvalue weighted by molar-refractivity contribution is -0.404.